The first-order valence-corrected chi connectivity index (χ1v) is 9.80. The summed E-state index contributed by atoms with van der Waals surface area (Å²) in [5.41, 5.74) is 3.07. The third-order valence-corrected chi connectivity index (χ3v) is 4.89. The van der Waals surface area contributed by atoms with Gasteiger partial charge in [0.1, 0.15) is 5.82 Å². The van der Waals surface area contributed by atoms with E-state index < -0.39 is 0 Å². The smallest absolute Gasteiger partial charge is 0.243 e. The lowest BCUT2D eigenvalue weighted by atomic mass is 10.1. The number of piperazine rings is 1. The van der Waals surface area contributed by atoms with Crippen molar-refractivity contribution in [3.05, 3.63) is 65.5 Å². The van der Waals surface area contributed by atoms with E-state index in [1.54, 1.807) is 0 Å². The van der Waals surface area contributed by atoms with Crippen LogP contribution in [0.25, 0.3) is 0 Å². The molecule has 1 aliphatic heterocycles. The monoisotopic (exact) mass is 398 g/mol. The van der Waals surface area contributed by atoms with Gasteiger partial charge < -0.3 is 10.6 Å². The minimum atomic E-state index is -0.365. The molecule has 2 aromatic rings. The Kier molecular flexibility index (Phi) is 7.32. The number of aryl methyl sites for hydroxylation is 1. The van der Waals surface area contributed by atoms with E-state index >= 15 is 0 Å². The second kappa shape index (κ2) is 10.1. The van der Waals surface area contributed by atoms with Gasteiger partial charge in [0.05, 0.1) is 13.1 Å². The van der Waals surface area contributed by atoms with E-state index in [0.717, 1.165) is 32.7 Å². The number of halogens is 1. The predicted octanol–water partition coefficient (Wildman–Crippen LogP) is 2.01. The Hall–Kier alpha value is -2.77. The van der Waals surface area contributed by atoms with E-state index in [-0.39, 0.29) is 30.7 Å². The number of carbonyl (C=O) groups excluding carboxylic acids is 2. The number of nitrogens with zero attached hydrogens (tertiary/aromatic N) is 2. The van der Waals surface area contributed by atoms with Gasteiger partial charge in [-0.25, -0.2) is 4.39 Å². The van der Waals surface area contributed by atoms with Gasteiger partial charge in [0.25, 0.3) is 0 Å². The highest BCUT2D eigenvalue weighted by Gasteiger charge is 2.19. The van der Waals surface area contributed by atoms with Crippen LogP contribution in [0.1, 0.15) is 11.1 Å². The fourth-order valence-electron chi connectivity index (χ4n) is 3.35. The number of hydrogen-bond acceptors (Lipinski definition) is 4. The molecule has 0 spiro atoms. The summed E-state index contributed by atoms with van der Waals surface area (Å²) in [7, 11) is 0. The lowest BCUT2D eigenvalue weighted by molar-refractivity contribution is -0.125. The van der Waals surface area contributed by atoms with Crippen LogP contribution < -0.4 is 10.6 Å². The number of amides is 2. The van der Waals surface area contributed by atoms with Crippen molar-refractivity contribution in [1.29, 1.82) is 0 Å². The third-order valence-electron chi connectivity index (χ3n) is 4.89. The summed E-state index contributed by atoms with van der Waals surface area (Å²) in [6.45, 7) is 6.65. The highest BCUT2D eigenvalue weighted by atomic mass is 19.1. The summed E-state index contributed by atoms with van der Waals surface area (Å²) in [4.78, 5) is 28.5. The molecule has 1 aliphatic rings. The molecule has 1 heterocycles. The first kappa shape index (κ1) is 21.0. The van der Waals surface area contributed by atoms with Crippen molar-refractivity contribution in [2.75, 3.05) is 44.6 Å². The molecule has 1 saturated heterocycles. The van der Waals surface area contributed by atoms with E-state index in [0.29, 0.717) is 5.69 Å². The lowest BCUT2D eigenvalue weighted by Crippen LogP contribution is -2.49. The molecule has 0 bridgehead atoms. The molecule has 0 radical (unpaired) electrons. The second-order valence-corrected chi connectivity index (χ2v) is 7.37. The molecule has 0 atom stereocenters. The molecule has 29 heavy (non-hydrogen) atoms. The van der Waals surface area contributed by atoms with E-state index in [4.69, 9.17) is 0 Å². The summed E-state index contributed by atoms with van der Waals surface area (Å²) in [5.74, 6) is -0.880. The zero-order valence-electron chi connectivity index (χ0n) is 16.7. The Morgan fingerprint density at radius 3 is 2.34 bits per heavy atom. The molecule has 154 valence electrons. The number of hydrogen-bond donors (Lipinski definition) is 2. The lowest BCUT2D eigenvalue weighted by Gasteiger charge is -2.34. The molecule has 0 aliphatic carbocycles. The van der Waals surface area contributed by atoms with Crippen molar-refractivity contribution in [1.82, 2.24) is 15.1 Å². The van der Waals surface area contributed by atoms with Crippen molar-refractivity contribution in [2.24, 2.45) is 0 Å². The molecule has 2 aromatic carbocycles. The maximum Gasteiger partial charge on any atom is 0.243 e. The number of benzene rings is 2. The number of anilines is 1. The molecule has 7 heteroatoms. The van der Waals surface area contributed by atoms with Crippen LogP contribution in [0, 0.1) is 12.7 Å². The summed E-state index contributed by atoms with van der Waals surface area (Å²) >= 11 is 0. The highest BCUT2D eigenvalue weighted by molar-refractivity contribution is 5.94. The normalized spacial score (nSPS) is 15.1. The number of carbonyl (C=O) groups is 2. The average Bonchev–Trinajstić information content (AvgIpc) is 2.70. The maximum atomic E-state index is 12.9. The van der Waals surface area contributed by atoms with Gasteiger partial charge in [0, 0.05) is 38.4 Å². The van der Waals surface area contributed by atoms with E-state index in [9.17, 15) is 14.0 Å². The first-order chi connectivity index (χ1) is 14.0. The van der Waals surface area contributed by atoms with Crippen molar-refractivity contribution in [3.63, 3.8) is 0 Å². The van der Waals surface area contributed by atoms with Crippen LogP contribution in [0.4, 0.5) is 10.1 Å². The Bertz CT molecular complexity index is 833. The van der Waals surface area contributed by atoms with Crippen LogP contribution >= 0.6 is 0 Å². The fraction of sp³-hybridized carbons (Fsp3) is 0.364. The summed E-state index contributed by atoms with van der Waals surface area (Å²) < 4.78 is 12.9. The van der Waals surface area contributed by atoms with Gasteiger partial charge in [-0.15, -0.1) is 0 Å². The van der Waals surface area contributed by atoms with Gasteiger partial charge in [-0.05, 0) is 36.8 Å². The van der Waals surface area contributed by atoms with Crippen molar-refractivity contribution >= 4 is 17.5 Å². The molecule has 2 N–H and O–H groups in total. The average molecular weight is 398 g/mol. The molecule has 3 rings (SSSR count). The van der Waals surface area contributed by atoms with Crippen LogP contribution in [0.15, 0.2) is 48.5 Å². The zero-order valence-corrected chi connectivity index (χ0v) is 16.7. The topological polar surface area (TPSA) is 64.7 Å². The predicted molar refractivity (Wildman–Crippen MR) is 111 cm³/mol. The molecule has 1 fully saturated rings. The van der Waals surface area contributed by atoms with E-state index in [2.05, 4.69) is 51.6 Å². The molecule has 0 unspecified atom stereocenters. The minimum absolute atomic E-state index is 0.108. The highest BCUT2D eigenvalue weighted by Crippen LogP contribution is 2.10. The summed E-state index contributed by atoms with van der Waals surface area (Å²) in [6.07, 6.45) is 0. The van der Waals surface area contributed by atoms with Gasteiger partial charge in [-0.2, -0.15) is 0 Å². The quantitative estimate of drug-likeness (QED) is 0.749. The SMILES string of the molecule is Cc1cccc(CN2CCN(CC(=O)NCC(=O)Nc3ccc(F)cc3)CC2)c1. The molecular formula is C22H27FN4O2. The van der Waals surface area contributed by atoms with E-state index in [1.807, 2.05) is 0 Å². The van der Waals surface area contributed by atoms with Crippen LogP contribution in [0.5, 0.6) is 0 Å². The number of nitrogens with one attached hydrogen (secondary N) is 2. The van der Waals surface area contributed by atoms with Gasteiger partial charge in [-0.3, -0.25) is 19.4 Å². The minimum Gasteiger partial charge on any atom is -0.346 e. The van der Waals surface area contributed by atoms with Gasteiger partial charge in [0.15, 0.2) is 0 Å². The molecule has 0 aromatic heterocycles. The van der Waals surface area contributed by atoms with Crippen molar-refractivity contribution in [3.8, 4) is 0 Å². The Labute approximate surface area is 170 Å². The van der Waals surface area contributed by atoms with Gasteiger partial charge in [0.2, 0.25) is 11.8 Å². The third kappa shape index (κ3) is 6.96. The standard InChI is InChI=1S/C22H27FN4O2/c1-17-3-2-4-18(13-17)15-26-9-11-27(12-10-26)16-22(29)24-14-21(28)25-20-7-5-19(23)6-8-20/h2-8,13H,9-12,14-16H2,1H3,(H,24,29)(H,25,28). The first-order valence-electron chi connectivity index (χ1n) is 9.80. The molecule has 6 nitrogen and oxygen atoms in total. The Balaban J connectivity index is 1.34. The van der Waals surface area contributed by atoms with Crippen LogP contribution in [-0.4, -0.2) is 60.9 Å². The van der Waals surface area contributed by atoms with Crippen molar-refractivity contribution < 1.29 is 14.0 Å². The number of rotatable bonds is 7. The van der Waals surface area contributed by atoms with Gasteiger partial charge in [-0.1, -0.05) is 29.8 Å². The van der Waals surface area contributed by atoms with Crippen LogP contribution in [-0.2, 0) is 16.1 Å². The van der Waals surface area contributed by atoms with E-state index in [1.165, 1.54) is 35.4 Å². The largest absolute Gasteiger partial charge is 0.346 e. The summed E-state index contributed by atoms with van der Waals surface area (Å²) in [5, 5.41) is 5.26. The maximum absolute atomic E-state index is 12.9. The zero-order chi connectivity index (χ0) is 20.6. The van der Waals surface area contributed by atoms with Gasteiger partial charge >= 0.3 is 0 Å². The Morgan fingerprint density at radius 2 is 1.66 bits per heavy atom. The molecule has 2 amide bonds. The van der Waals surface area contributed by atoms with Crippen LogP contribution in [0.3, 0.4) is 0 Å². The van der Waals surface area contributed by atoms with Crippen molar-refractivity contribution in [2.45, 2.75) is 13.5 Å². The summed E-state index contributed by atoms with van der Waals surface area (Å²) in [6, 6.07) is 14.0. The van der Waals surface area contributed by atoms with Crippen LogP contribution in [0.2, 0.25) is 0 Å². The fourth-order valence-corrected chi connectivity index (χ4v) is 3.35. The Morgan fingerprint density at radius 1 is 0.966 bits per heavy atom. The molecular weight excluding hydrogens is 371 g/mol. The molecule has 0 saturated carbocycles. The second-order valence-electron chi connectivity index (χ2n) is 7.37.